The Kier molecular flexibility index (Phi) is 7.80. The molecular formula is C26H30N2O6. The number of likely N-dealkylation sites (tertiary alicyclic amines) is 1. The molecule has 0 bridgehead atoms. The van der Waals surface area contributed by atoms with Crippen LogP contribution in [0, 0.1) is 0 Å². The van der Waals surface area contributed by atoms with Gasteiger partial charge in [-0.05, 0) is 41.5 Å². The summed E-state index contributed by atoms with van der Waals surface area (Å²) >= 11 is 0. The lowest BCUT2D eigenvalue weighted by Gasteiger charge is -2.34. The minimum absolute atomic E-state index is 0.00434. The molecule has 0 radical (unpaired) electrons. The van der Waals surface area contributed by atoms with Gasteiger partial charge in [0, 0.05) is 25.0 Å². The Morgan fingerprint density at radius 3 is 2.35 bits per heavy atom. The minimum atomic E-state index is -0.905. The SMILES string of the molecule is O=C(O)C[C@@H]1CCCCN1C(=O)COCCNC(=O)OCC1c2ccccc2-c2ccccc21. The van der Waals surface area contributed by atoms with E-state index >= 15 is 0 Å². The average Bonchev–Trinajstić information content (AvgIpc) is 3.16. The van der Waals surface area contributed by atoms with Crippen LogP contribution < -0.4 is 5.32 Å². The molecule has 2 aromatic rings. The molecule has 8 nitrogen and oxygen atoms in total. The fourth-order valence-electron chi connectivity index (χ4n) is 4.86. The lowest BCUT2D eigenvalue weighted by atomic mass is 9.98. The molecule has 1 fully saturated rings. The molecule has 2 aromatic carbocycles. The van der Waals surface area contributed by atoms with E-state index in [0.717, 1.165) is 24.0 Å². The molecule has 0 aromatic heterocycles. The van der Waals surface area contributed by atoms with Gasteiger partial charge in [0.1, 0.15) is 13.2 Å². The average molecular weight is 467 g/mol. The van der Waals surface area contributed by atoms with Crippen LogP contribution in [0.4, 0.5) is 4.79 Å². The molecule has 0 spiro atoms. The second kappa shape index (κ2) is 11.2. The van der Waals surface area contributed by atoms with Crippen molar-refractivity contribution >= 4 is 18.0 Å². The van der Waals surface area contributed by atoms with Crippen molar-refractivity contribution in [3.63, 3.8) is 0 Å². The van der Waals surface area contributed by atoms with Gasteiger partial charge in [0.05, 0.1) is 13.0 Å². The van der Waals surface area contributed by atoms with Crippen LogP contribution in [0.25, 0.3) is 11.1 Å². The van der Waals surface area contributed by atoms with Crippen LogP contribution >= 0.6 is 0 Å². The van der Waals surface area contributed by atoms with Crippen molar-refractivity contribution < 1.29 is 29.0 Å². The number of ether oxygens (including phenoxy) is 2. The highest BCUT2D eigenvalue weighted by atomic mass is 16.5. The zero-order chi connectivity index (χ0) is 23.9. The van der Waals surface area contributed by atoms with Crippen LogP contribution in [-0.2, 0) is 19.1 Å². The summed E-state index contributed by atoms with van der Waals surface area (Å²) in [4.78, 5) is 37.3. The third-order valence-corrected chi connectivity index (χ3v) is 6.44. The van der Waals surface area contributed by atoms with Crippen molar-refractivity contribution in [2.24, 2.45) is 0 Å². The summed E-state index contributed by atoms with van der Waals surface area (Å²) in [5.41, 5.74) is 4.64. The van der Waals surface area contributed by atoms with Gasteiger partial charge in [0.25, 0.3) is 0 Å². The van der Waals surface area contributed by atoms with Gasteiger partial charge in [-0.25, -0.2) is 4.79 Å². The van der Waals surface area contributed by atoms with Gasteiger partial charge in [0.2, 0.25) is 5.91 Å². The van der Waals surface area contributed by atoms with Crippen molar-refractivity contribution in [1.82, 2.24) is 10.2 Å². The number of nitrogens with one attached hydrogen (secondary N) is 1. The lowest BCUT2D eigenvalue weighted by molar-refractivity contribution is -0.144. The number of carbonyl (C=O) groups excluding carboxylic acids is 2. The molecule has 1 aliphatic heterocycles. The molecule has 34 heavy (non-hydrogen) atoms. The molecule has 2 amide bonds. The summed E-state index contributed by atoms with van der Waals surface area (Å²) in [6.07, 6.45) is 1.91. The molecule has 4 rings (SSSR count). The quantitative estimate of drug-likeness (QED) is 0.549. The highest BCUT2D eigenvalue weighted by Gasteiger charge is 2.29. The second-order valence-electron chi connectivity index (χ2n) is 8.64. The first-order chi connectivity index (χ1) is 16.5. The molecule has 1 atom stereocenters. The summed E-state index contributed by atoms with van der Waals surface area (Å²) in [6.45, 7) is 1.02. The number of aliphatic carboxylic acids is 1. The Morgan fingerprint density at radius 2 is 1.68 bits per heavy atom. The van der Waals surface area contributed by atoms with Crippen LogP contribution in [0.15, 0.2) is 48.5 Å². The predicted molar refractivity (Wildman–Crippen MR) is 125 cm³/mol. The number of rotatable bonds is 9. The maximum absolute atomic E-state index is 12.4. The first-order valence-corrected chi connectivity index (χ1v) is 11.7. The van der Waals surface area contributed by atoms with Crippen LogP contribution in [0.3, 0.4) is 0 Å². The Balaban J connectivity index is 1.18. The van der Waals surface area contributed by atoms with Crippen molar-refractivity contribution in [2.45, 2.75) is 37.6 Å². The van der Waals surface area contributed by atoms with Crippen molar-refractivity contribution in [1.29, 1.82) is 0 Å². The van der Waals surface area contributed by atoms with Crippen LogP contribution in [-0.4, -0.2) is 66.9 Å². The van der Waals surface area contributed by atoms with Crippen molar-refractivity contribution in [2.75, 3.05) is 32.9 Å². The van der Waals surface area contributed by atoms with E-state index in [1.165, 1.54) is 11.1 Å². The standard InChI is InChI=1S/C26H30N2O6/c29-24(28-13-6-5-7-18(28)15-25(30)31)17-33-14-12-27-26(32)34-16-23-21-10-3-1-8-19(21)20-9-2-4-11-22(20)23/h1-4,8-11,18,23H,5-7,12-17H2,(H,27,32)(H,30,31)/t18-/m0/s1. The van der Waals surface area contributed by atoms with Crippen LogP contribution in [0.2, 0.25) is 0 Å². The molecule has 2 N–H and O–H groups in total. The Morgan fingerprint density at radius 1 is 1.00 bits per heavy atom. The van der Waals surface area contributed by atoms with Crippen molar-refractivity contribution in [3.8, 4) is 11.1 Å². The Hall–Kier alpha value is -3.39. The Bertz CT molecular complexity index is 994. The number of nitrogens with zero attached hydrogens (tertiary/aromatic N) is 1. The van der Waals surface area contributed by atoms with Gasteiger partial charge in [-0.2, -0.15) is 0 Å². The third-order valence-electron chi connectivity index (χ3n) is 6.44. The van der Waals surface area contributed by atoms with Crippen LogP contribution in [0.5, 0.6) is 0 Å². The summed E-state index contributed by atoms with van der Waals surface area (Å²) in [6, 6.07) is 16.0. The molecule has 1 aliphatic carbocycles. The highest BCUT2D eigenvalue weighted by molar-refractivity contribution is 5.79. The summed E-state index contributed by atoms with van der Waals surface area (Å²) in [5.74, 6) is -1.12. The number of carbonyl (C=O) groups is 3. The molecule has 1 saturated heterocycles. The number of piperidine rings is 1. The van der Waals surface area contributed by atoms with E-state index in [9.17, 15) is 14.4 Å². The van der Waals surface area contributed by atoms with Gasteiger partial charge in [-0.15, -0.1) is 0 Å². The topological polar surface area (TPSA) is 105 Å². The minimum Gasteiger partial charge on any atom is -0.481 e. The number of carboxylic acid groups (broad SMARTS) is 1. The predicted octanol–water partition coefficient (Wildman–Crippen LogP) is 3.40. The first-order valence-electron chi connectivity index (χ1n) is 11.7. The number of benzene rings is 2. The fraction of sp³-hybridized carbons (Fsp3) is 0.423. The summed E-state index contributed by atoms with van der Waals surface area (Å²) in [5, 5.41) is 11.7. The molecule has 180 valence electrons. The zero-order valence-electron chi connectivity index (χ0n) is 19.1. The van der Waals surface area contributed by atoms with E-state index in [0.29, 0.717) is 13.0 Å². The van der Waals surface area contributed by atoms with E-state index < -0.39 is 12.1 Å². The fourth-order valence-corrected chi connectivity index (χ4v) is 4.86. The smallest absolute Gasteiger partial charge is 0.407 e. The normalized spacial score (nSPS) is 17.1. The maximum Gasteiger partial charge on any atom is 0.407 e. The zero-order valence-corrected chi connectivity index (χ0v) is 19.1. The number of amides is 2. The number of fused-ring (bicyclic) bond motifs is 3. The monoisotopic (exact) mass is 466 g/mol. The van der Waals surface area contributed by atoms with E-state index in [4.69, 9.17) is 14.6 Å². The molecule has 0 saturated carbocycles. The van der Waals surface area contributed by atoms with E-state index in [1.807, 2.05) is 24.3 Å². The number of hydrogen-bond acceptors (Lipinski definition) is 5. The largest absolute Gasteiger partial charge is 0.481 e. The number of alkyl carbamates (subject to hydrolysis) is 1. The number of hydrogen-bond donors (Lipinski definition) is 2. The van der Waals surface area contributed by atoms with E-state index in [1.54, 1.807) is 4.90 Å². The van der Waals surface area contributed by atoms with Gasteiger partial charge in [-0.1, -0.05) is 48.5 Å². The number of carboxylic acids is 1. The summed E-state index contributed by atoms with van der Waals surface area (Å²) < 4.78 is 10.9. The maximum atomic E-state index is 12.4. The molecule has 2 aliphatic rings. The molecule has 8 heteroatoms. The molecular weight excluding hydrogens is 436 g/mol. The van der Waals surface area contributed by atoms with Gasteiger partial charge >= 0.3 is 12.1 Å². The molecule has 0 unspecified atom stereocenters. The van der Waals surface area contributed by atoms with Gasteiger partial charge in [-0.3, -0.25) is 9.59 Å². The van der Waals surface area contributed by atoms with Gasteiger partial charge in [0.15, 0.2) is 0 Å². The summed E-state index contributed by atoms with van der Waals surface area (Å²) in [7, 11) is 0. The third kappa shape index (κ3) is 5.56. The Labute approximate surface area is 198 Å². The first kappa shape index (κ1) is 23.8. The van der Waals surface area contributed by atoms with Crippen molar-refractivity contribution in [3.05, 3.63) is 59.7 Å². The molecule has 1 heterocycles. The lowest BCUT2D eigenvalue weighted by Crippen LogP contribution is -2.46. The highest BCUT2D eigenvalue weighted by Crippen LogP contribution is 2.44. The van der Waals surface area contributed by atoms with E-state index in [-0.39, 0.29) is 50.7 Å². The second-order valence-corrected chi connectivity index (χ2v) is 8.64. The van der Waals surface area contributed by atoms with Crippen LogP contribution in [0.1, 0.15) is 42.7 Å². The van der Waals surface area contributed by atoms with Gasteiger partial charge < -0.3 is 24.8 Å². The van der Waals surface area contributed by atoms with E-state index in [2.05, 4.69) is 29.6 Å².